The fourth-order valence-corrected chi connectivity index (χ4v) is 1.62. The molecule has 0 atom stereocenters. The van der Waals surface area contributed by atoms with E-state index in [9.17, 15) is 19.2 Å². The molecule has 0 bridgehead atoms. The third kappa shape index (κ3) is 5.24. The van der Waals surface area contributed by atoms with Crippen LogP contribution in [0.2, 0.25) is 0 Å². The van der Waals surface area contributed by atoms with E-state index in [1.54, 1.807) is 0 Å². The summed E-state index contributed by atoms with van der Waals surface area (Å²) in [7, 11) is 0. The van der Waals surface area contributed by atoms with Gasteiger partial charge in [-0.25, -0.2) is 19.2 Å². The minimum atomic E-state index is -1.44. The maximum absolute atomic E-state index is 11.9. The molecule has 1 aromatic carbocycles. The Hall–Kier alpha value is -3.16. The van der Waals surface area contributed by atoms with Crippen LogP contribution in [0.4, 0.5) is 0 Å². The van der Waals surface area contributed by atoms with Gasteiger partial charge in [0.25, 0.3) is 0 Å². The molecule has 0 fully saturated rings. The van der Waals surface area contributed by atoms with Crippen LogP contribution in [0.1, 0.15) is 44.4 Å². The Morgan fingerprint density at radius 2 is 1.62 bits per heavy atom. The lowest BCUT2D eigenvalue weighted by Gasteiger charge is -2.08. The van der Waals surface area contributed by atoms with Gasteiger partial charge in [-0.15, -0.1) is 0 Å². The summed E-state index contributed by atoms with van der Waals surface area (Å²) in [4.78, 5) is 45.0. The van der Waals surface area contributed by atoms with Crippen LogP contribution < -0.4 is 0 Å². The molecule has 1 aromatic rings. The second-order valence-electron chi connectivity index (χ2n) is 4.78. The summed E-state index contributed by atoms with van der Waals surface area (Å²) < 4.78 is 9.70. The van der Waals surface area contributed by atoms with Gasteiger partial charge in [0.2, 0.25) is 0 Å². The van der Waals surface area contributed by atoms with Crippen molar-refractivity contribution >= 4 is 23.9 Å². The largest absolute Gasteiger partial charge is 0.478 e. The number of carboxylic acid groups (broad SMARTS) is 2. The van der Waals surface area contributed by atoms with E-state index < -0.39 is 29.4 Å². The first-order valence-electron chi connectivity index (χ1n) is 6.84. The number of rotatable bonds is 8. The van der Waals surface area contributed by atoms with Crippen molar-refractivity contribution in [1.82, 2.24) is 0 Å². The Kier molecular flexibility index (Phi) is 6.66. The van der Waals surface area contributed by atoms with Crippen LogP contribution in [0, 0.1) is 0 Å². The molecule has 0 aliphatic carbocycles. The van der Waals surface area contributed by atoms with Gasteiger partial charge in [0.05, 0.1) is 29.9 Å². The predicted octanol–water partition coefficient (Wildman–Crippen LogP) is 1.75. The van der Waals surface area contributed by atoms with Gasteiger partial charge in [-0.3, -0.25) is 0 Å². The minimum absolute atomic E-state index is 0.0166. The van der Waals surface area contributed by atoms with Gasteiger partial charge in [0.1, 0.15) is 0 Å². The van der Waals surface area contributed by atoms with E-state index in [0.717, 1.165) is 18.2 Å². The lowest BCUT2D eigenvalue weighted by atomic mass is 10.0. The van der Waals surface area contributed by atoms with E-state index >= 15 is 0 Å². The topological polar surface area (TPSA) is 127 Å². The maximum atomic E-state index is 11.9. The summed E-state index contributed by atoms with van der Waals surface area (Å²) in [6.45, 7) is 4.83. The fraction of sp³-hybridized carbons (Fsp3) is 0.250. The van der Waals surface area contributed by atoms with Crippen LogP contribution >= 0.6 is 0 Å². The highest BCUT2D eigenvalue weighted by atomic mass is 16.5. The van der Waals surface area contributed by atoms with Gasteiger partial charge in [0, 0.05) is 12.0 Å². The standard InChI is InChI=1S/C16H16O8/c1-9(2)15(21)23-6-3-7-24-16(22)11-5-4-10(13(17)18)8-12(11)14(19)20/h4-5,8H,1,3,6-7H2,2H3,(H,17,18)(H,19,20). The molecule has 0 aliphatic heterocycles. The highest BCUT2D eigenvalue weighted by Crippen LogP contribution is 2.14. The Labute approximate surface area is 137 Å². The van der Waals surface area contributed by atoms with Crippen molar-refractivity contribution in [3.8, 4) is 0 Å². The van der Waals surface area contributed by atoms with Crippen molar-refractivity contribution in [2.75, 3.05) is 13.2 Å². The number of benzene rings is 1. The van der Waals surface area contributed by atoms with Crippen LogP contribution in [0.25, 0.3) is 0 Å². The number of carbonyl (C=O) groups excluding carboxylic acids is 2. The van der Waals surface area contributed by atoms with Gasteiger partial charge >= 0.3 is 23.9 Å². The first-order valence-corrected chi connectivity index (χ1v) is 6.84. The van der Waals surface area contributed by atoms with Crippen LogP contribution in [-0.2, 0) is 14.3 Å². The summed E-state index contributed by atoms with van der Waals surface area (Å²) >= 11 is 0. The summed E-state index contributed by atoms with van der Waals surface area (Å²) in [5.41, 5.74) is -0.729. The van der Waals surface area contributed by atoms with Crippen molar-refractivity contribution in [2.24, 2.45) is 0 Å². The zero-order valence-electron chi connectivity index (χ0n) is 12.9. The van der Waals surface area contributed by atoms with Crippen molar-refractivity contribution in [3.05, 3.63) is 47.0 Å². The van der Waals surface area contributed by atoms with Gasteiger partial charge in [-0.05, 0) is 25.1 Å². The first kappa shape index (κ1) is 18.9. The average molecular weight is 336 g/mol. The van der Waals surface area contributed by atoms with Crippen molar-refractivity contribution in [3.63, 3.8) is 0 Å². The predicted molar refractivity (Wildman–Crippen MR) is 81.0 cm³/mol. The summed E-state index contributed by atoms with van der Waals surface area (Å²) in [6.07, 6.45) is 0.223. The Bertz CT molecular complexity index is 689. The number of carbonyl (C=O) groups is 4. The smallest absolute Gasteiger partial charge is 0.339 e. The van der Waals surface area contributed by atoms with Crippen molar-refractivity contribution in [1.29, 1.82) is 0 Å². The summed E-state index contributed by atoms with van der Waals surface area (Å²) in [6, 6.07) is 3.08. The zero-order valence-corrected chi connectivity index (χ0v) is 12.9. The number of carboxylic acids is 2. The van der Waals surface area contributed by atoms with Crippen LogP contribution in [0.5, 0.6) is 0 Å². The minimum Gasteiger partial charge on any atom is -0.478 e. The Morgan fingerprint density at radius 1 is 1.00 bits per heavy atom. The molecule has 1 rings (SSSR count). The fourth-order valence-electron chi connectivity index (χ4n) is 1.62. The molecular weight excluding hydrogens is 320 g/mol. The molecule has 8 heteroatoms. The zero-order chi connectivity index (χ0) is 18.3. The number of hydrogen-bond donors (Lipinski definition) is 2. The molecule has 2 N–H and O–H groups in total. The third-order valence-corrected chi connectivity index (χ3v) is 2.82. The highest BCUT2D eigenvalue weighted by molar-refractivity contribution is 6.04. The average Bonchev–Trinajstić information content (AvgIpc) is 2.53. The number of esters is 2. The van der Waals surface area contributed by atoms with Gasteiger partial charge in [0.15, 0.2) is 0 Å². The Balaban J connectivity index is 2.65. The second kappa shape index (κ2) is 8.47. The molecular formula is C16H16O8. The molecule has 0 unspecified atom stereocenters. The summed E-state index contributed by atoms with van der Waals surface area (Å²) in [5, 5.41) is 17.9. The van der Waals surface area contributed by atoms with Crippen LogP contribution in [-0.4, -0.2) is 47.3 Å². The van der Waals surface area contributed by atoms with E-state index in [1.807, 2.05) is 0 Å². The molecule has 0 amide bonds. The second-order valence-corrected chi connectivity index (χ2v) is 4.78. The van der Waals surface area contributed by atoms with Gasteiger partial charge < -0.3 is 19.7 Å². The van der Waals surface area contributed by atoms with Crippen molar-refractivity contribution < 1.29 is 38.9 Å². The van der Waals surface area contributed by atoms with Gasteiger partial charge in [-0.2, -0.15) is 0 Å². The third-order valence-electron chi connectivity index (χ3n) is 2.82. The van der Waals surface area contributed by atoms with E-state index in [2.05, 4.69) is 6.58 Å². The molecule has 0 aliphatic rings. The van der Waals surface area contributed by atoms with E-state index in [-0.39, 0.29) is 36.3 Å². The van der Waals surface area contributed by atoms with E-state index in [0.29, 0.717) is 0 Å². The molecule has 24 heavy (non-hydrogen) atoms. The normalized spacial score (nSPS) is 9.88. The maximum Gasteiger partial charge on any atom is 0.339 e. The number of aromatic carboxylic acids is 2. The molecule has 0 aromatic heterocycles. The quantitative estimate of drug-likeness (QED) is 0.417. The molecule has 128 valence electrons. The molecule has 0 saturated carbocycles. The lowest BCUT2D eigenvalue weighted by Crippen LogP contribution is -2.15. The molecule has 0 radical (unpaired) electrons. The van der Waals surface area contributed by atoms with E-state index in [1.165, 1.54) is 6.92 Å². The van der Waals surface area contributed by atoms with Gasteiger partial charge in [-0.1, -0.05) is 6.58 Å². The molecule has 0 heterocycles. The van der Waals surface area contributed by atoms with E-state index in [4.69, 9.17) is 19.7 Å². The monoisotopic (exact) mass is 336 g/mol. The Morgan fingerprint density at radius 3 is 2.17 bits per heavy atom. The number of hydrogen-bond acceptors (Lipinski definition) is 6. The van der Waals surface area contributed by atoms with Crippen LogP contribution in [0.15, 0.2) is 30.4 Å². The summed E-state index contributed by atoms with van der Waals surface area (Å²) in [5.74, 6) is -4.22. The molecule has 0 spiro atoms. The highest BCUT2D eigenvalue weighted by Gasteiger charge is 2.20. The number of ether oxygens (including phenoxy) is 2. The SMILES string of the molecule is C=C(C)C(=O)OCCCOC(=O)c1ccc(C(=O)O)cc1C(=O)O. The molecule has 8 nitrogen and oxygen atoms in total. The van der Waals surface area contributed by atoms with Crippen LogP contribution in [0.3, 0.4) is 0 Å². The van der Waals surface area contributed by atoms with Crippen molar-refractivity contribution in [2.45, 2.75) is 13.3 Å². The lowest BCUT2D eigenvalue weighted by molar-refractivity contribution is -0.139. The molecule has 0 saturated heterocycles. The first-order chi connectivity index (χ1) is 11.2.